The van der Waals surface area contributed by atoms with E-state index in [9.17, 15) is 4.79 Å². The van der Waals surface area contributed by atoms with Crippen LogP contribution in [0.3, 0.4) is 0 Å². The van der Waals surface area contributed by atoms with Gasteiger partial charge in [-0.05, 0) is 24.0 Å². The van der Waals surface area contributed by atoms with Gasteiger partial charge in [-0.2, -0.15) is 0 Å². The fraction of sp³-hybridized carbons (Fsp3) is 0.438. The molecule has 2 nitrogen and oxygen atoms in total. The molecule has 0 N–H and O–H groups in total. The molecular formula is C16H19NO. The Bertz CT molecular complexity index is 455. The number of aryl methyl sites for hydroxylation is 1. The molecule has 18 heavy (non-hydrogen) atoms. The number of amides is 1. The zero-order valence-corrected chi connectivity index (χ0v) is 10.9. The highest BCUT2D eigenvalue weighted by atomic mass is 16.2. The van der Waals surface area contributed by atoms with E-state index in [2.05, 4.69) is 37.1 Å². The van der Waals surface area contributed by atoms with E-state index in [0.717, 1.165) is 25.9 Å². The van der Waals surface area contributed by atoms with E-state index in [0.29, 0.717) is 6.42 Å². The highest BCUT2D eigenvalue weighted by molar-refractivity contribution is 5.79. The van der Waals surface area contributed by atoms with Crippen molar-refractivity contribution in [3.05, 3.63) is 35.4 Å². The largest absolute Gasteiger partial charge is 0.341 e. The third kappa shape index (κ3) is 2.92. The van der Waals surface area contributed by atoms with Crippen molar-refractivity contribution in [2.75, 3.05) is 13.1 Å². The fourth-order valence-corrected chi connectivity index (χ4v) is 2.31. The van der Waals surface area contributed by atoms with Crippen LogP contribution in [0.4, 0.5) is 0 Å². The van der Waals surface area contributed by atoms with Crippen molar-refractivity contribution >= 4 is 5.91 Å². The summed E-state index contributed by atoms with van der Waals surface area (Å²) in [7, 11) is 0. The van der Waals surface area contributed by atoms with Gasteiger partial charge in [0.2, 0.25) is 5.91 Å². The molecule has 1 aliphatic heterocycles. The molecule has 2 rings (SSSR count). The Balaban J connectivity index is 1.88. The summed E-state index contributed by atoms with van der Waals surface area (Å²) in [6, 6.07) is 8.62. The summed E-state index contributed by atoms with van der Waals surface area (Å²) in [6.45, 7) is 3.66. The van der Waals surface area contributed by atoms with Crippen molar-refractivity contribution in [3.8, 4) is 12.3 Å². The highest BCUT2D eigenvalue weighted by Crippen LogP contribution is 2.17. The summed E-state index contributed by atoms with van der Waals surface area (Å²) >= 11 is 0. The van der Waals surface area contributed by atoms with Gasteiger partial charge in [0, 0.05) is 25.4 Å². The van der Waals surface area contributed by atoms with Crippen LogP contribution in [0.2, 0.25) is 0 Å². The van der Waals surface area contributed by atoms with E-state index >= 15 is 0 Å². The summed E-state index contributed by atoms with van der Waals surface area (Å²) in [4.78, 5) is 13.6. The third-order valence-electron chi connectivity index (χ3n) is 3.55. The van der Waals surface area contributed by atoms with Crippen molar-refractivity contribution in [1.29, 1.82) is 0 Å². The minimum atomic E-state index is 0.111. The molecule has 0 aromatic heterocycles. The molecule has 1 saturated heterocycles. The maximum absolute atomic E-state index is 11.7. The molecule has 2 heteroatoms. The smallest absolute Gasteiger partial charge is 0.223 e. The van der Waals surface area contributed by atoms with Gasteiger partial charge in [-0.25, -0.2) is 0 Å². The normalized spacial score (nSPS) is 19.0. The van der Waals surface area contributed by atoms with Gasteiger partial charge in [-0.3, -0.25) is 4.79 Å². The Morgan fingerprint density at radius 1 is 1.33 bits per heavy atom. The van der Waals surface area contributed by atoms with Crippen molar-refractivity contribution in [2.45, 2.75) is 26.2 Å². The van der Waals surface area contributed by atoms with Crippen LogP contribution in [-0.4, -0.2) is 23.9 Å². The maximum atomic E-state index is 11.7. The summed E-state index contributed by atoms with van der Waals surface area (Å²) in [5.74, 6) is 2.98. The molecule has 1 heterocycles. The van der Waals surface area contributed by atoms with Crippen LogP contribution < -0.4 is 0 Å². The van der Waals surface area contributed by atoms with Crippen molar-refractivity contribution in [2.24, 2.45) is 5.92 Å². The van der Waals surface area contributed by atoms with Gasteiger partial charge in [0.15, 0.2) is 0 Å². The van der Waals surface area contributed by atoms with Crippen LogP contribution in [0, 0.1) is 18.3 Å². The first-order valence-corrected chi connectivity index (χ1v) is 6.54. The number of carbonyl (C=O) groups is 1. The summed E-state index contributed by atoms with van der Waals surface area (Å²) in [6.07, 6.45) is 7.86. The number of hydrogen-bond acceptors (Lipinski definition) is 1. The Kier molecular flexibility index (Phi) is 4.04. The topological polar surface area (TPSA) is 20.3 Å². The first-order valence-electron chi connectivity index (χ1n) is 6.54. The highest BCUT2D eigenvalue weighted by Gasteiger charge is 2.27. The van der Waals surface area contributed by atoms with Gasteiger partial charge in [-0.15, -0.1) is 12.3 Å². The molecule has 1 aromatic rings. The van der Waals surface area contributed by atoms with Gasteiger partial charge in [0.1, 0.15) is 0 Å². The Labute approximate surface area is 109 Å². The number of terminal acetylenes is 1. The summed E-state index contributed by atoms with van der Waals surface area (Å²) in [5, 5.41) is 0. The Hall–Kier alpha value is -1.75. The lowest BCUT2D eigenvalue weighted by Crippen LogP contribution is -2.27. The molecule has 0 spiro atoms. The zero-order chi connectivity index (χ0) is 13.0. The average molecular weight is 241 g/mol. The van der Waals surface area contributed by atoms with Gasteiger partial charge >= 0.3 is 0 Å². The van der Waals surface area contributed by atoms with Gasteiger partial charge < -0.3 is 4.90 Å². The number of nitrogens with zero attached hydrogens (tertiary/aromatic N) is 1. The molecule has 0 aliphatic carbocycles. The lowest BCUT2D eigenvalue weighted by molar-refractivity contribution is -0.127. The molecule has 94 valence electrons. The van der Waals surface area contributed by atoms with Crippen LogP contribution in [0.25, 0.3) is 0 Å². The second-order valence-corrected chi connectivity index (χ2v) is 4.83. The van der Waals surface area contributed by atoms with Gasteiger partial charge in [-0.1, -0.05) is 31.2 Å². The lowest BCUT2D eigenvalue weighted by Gasteiger charge is -2.15. The zero-order valence-electron chi connectivity index (χ0n) is 10.9. The minimum Gasteiger partial charge on any atom is -0.341 e. The lowest BCUT2D eigenvalue weighted by atomic mass is 10.1. The monoisotopic (exact) mass is 241 g/mol. The molecule has 1 fully saturated rings. The number of carbonyl (C=O) groups excluding carboxylic acids is 1. The maximum Gasteiger partial charge on any atom is 0.223 e. The van der Waals surface area contributed by atoms with E-state index < -0.39 is 0 Å². The molecule has 0 bridgehead atoms. The molecule has 1 atom stereocenters. The van der Waals surface area contributed by atoms with E-state index in [4.69, 9.17) is 6.42 Å². The first kappa shape index (κ1) is 12.7. The molecular weight excluding hydrogens is 222 g/mol. The van der Waals surface area contributed by atoms with Crippen LogP contribution in [0.15, 0.2) is 24.3 Å². The second-order valence-electron chi connectivity index (χ2n) is 4.83. The average Bonchev–Trinajstić information content (AvgIpc) is 2.77. The second kappa shape index (κ2) is 5.73. The number of rotatable bonds is 4. The van der Waals surface area contributed by atoms with Gasteiger partial charge in [0.05, 0.1) is 0 Å². The fourth-order valence-electron chi connectivity index (χ4n) is 2.31. The first-order chi connectivity index (χ1) is 8.72. The molecule has 0 saturated carbocycles. The summed E-state index contributed by atoms with van der Waals surface area (Å²) < 4.78 is 0. The predicted octanol–water partition coefficient (Wildman–Crippen LogP) is 2.27. The number of likely N-dealkylation sites (tertiary alicyclic amines) is 1. The van der Waals surface area contributed by atoms with Crippen molar-refractivity contribution in [1.82, 2.24) is 4.90 Å². The molecule has 0 radical (unpaired) electrons. The minimum absolute atomic E-state index is 0.111. The van der Waals surface area contributed by atoms with E-state index in [-0.39, 0.29) is 11.8 Å². The molecule has 1 aromatic carbocycles. The molecule has 1 unspecified atom stereocenters. The van der Waals surface area contributed by atoms with E-state index in [1.165, 1.54) is 11.1 Å². The Morgan fingerprint density at radius 2 is 2.00 bits per heavy atom. The molecule has 1 amide bonds. The quantitative estimate of drug-likeness (QED) is 0.741. The predicted molar refractivity (Wildman–Crippen MR) is 73.0 cm³/mol. The SMILES string of the molecule is C#CC1CC(=O)N(CCc2ccc(CC)cc2)C1. The number of benzene rings is 1. The van der Waals surface area contributed by atoms with Crippen LogP contribution in [0.5, 0.6) is 0 Å². The van der Waals surface area contributed by atoms with E-state index in [1.54, 1.807) is 0 Å². The van der Waals surface area contributed by atoms with Crippen LogP contribution in [-0.2, 0) is 17.6 Å². The van der Waals surface area contributed by atoms with Gasteiger partial charge in [0.25, 0.3) is 0 Å². The standard InChI is InChI=1S/C16H19NO/c1-3-13-5-7-15(8-6-13)9-10-17-12-14(4-2)11-16(17)18/h2,5-8,14H,3,9-12H2,1H3. The van der Waals surface area contributed by atoms with Crippen LogP contribution in [0.1, 0.15) is 24.5 Å². The number of hydrogen-bond donors (Lipinski definition) is 0. The third-order valence-corrected chi connectivity index (χ3v) is 3.55. The van der Waals surface area contributed by atoms with E-state index in [1.807, 2.05) is 4.90 Å². The molecule has 1 aliphatic rings. The van der Waals surface area contributed by atoms with Crippen LogP contribution >= 0.6 is 0 Å². The van der Waals surface area contributed by atoms with Crippen molar-refractivity contribution in [3.63, 3.8) is 0 Å². The Morgan fingerprint density at radius 3 is 2.56 bits per heavy atom. The summed E-state index contributed by atoms with van der Waals surface area (Å²) in [5.41, 5.74) is 2.63. The van der Waals surface area contributed by atoms with Crippen molar-refractivity contribution < 1.29 is 4.79 Å².